The predicted molar refractivity (Wildman–Crippen MR) is 87.3 cm³/mol. The molecule has 1 saturated heterocycles. The molecule has 4 nitrogen and oxygen atoms in total. The van der Waals surface area contributed by atoms with Gasteiger partial charge in [0.25, 0.3) is 0 Å². The van der Waals surface area contributed by atoms with Crippen molar-refractivity contribution in [2.45, 2.75) is 44.7 Å². The van der Waals surface area contributed by atoms with Gasteiger partial charge in [-0.25, -0.2) is 0 Å². The van der Waals surface area contributed by atoms with Gasteiger partial charge in [-0.05, 0) is 44.4 Å². The highest BCUT2D eigenvalue weighted by Gasteiger charge is 2.26. The zero-order chi connectivity index (χ0) is 15.2. The Bertz CT molecular complexity index is 481. The van der Waals surface area contributed by atoms with Crippen molar-refractivity contribution in [1.29, 1.82) is 0 Å². The third-order valence-electron chi connectivity index (χ3n) is 3.84. The van der Waals surface area contributed by atoms with E-state index in [1.807, 2.05) is 29.2 Å². The zero-order valence-electron chi connectivity index (χ0n) is 12.4. The smallest absolute Gasteiger partial charge is 0.222 e. The molecule has 0 aromatic heterocycles. The summed E-state index contributed by atoms with van der Waals surface area (Å²) in [5.41, 5.74) is 5.92. The Balaban J connectivity index is 1.70. The van der Waals surface area contributed by atoms with Crippen LogP contribution < -0.4 is 10.5 Å². The maximum Gasteiger partial charge on any atom is 0.222 e. The van der Waals surface area contributed by atoms with Crippen LogP contribution in [0.25, 0.3) is 0 Å². The highest BCUT2D eigenvalue weighted by Crippen LogP contribution is 2.19. The summed E-state index contributed by atoms with van der Waals surface area (Å²) < 4.78 is 6.64. The summed E-state index contributed by atoms with van der Waals surface area (Å²) in [7, 11) is 0. The van der Waals surface area contributed by atoms with Gasteiger partial charge in [-0.2, -0.15) is 0 Å². The molecule has 1 aromatic carbocycles. The van der Waals surface area contributed by atoms with E-state index in [1.54, 1.807) is 0 Å². The molecule has 0 saturated carbocycles. The Morgan fingerprint density at radius 1 is 1.52 bits per heavy atom. The second-order valence-corrected chi connectivity index (χ2v) is 6.55. The van der Waals surface area contributed by atoms with Gasteiger partial charge in [0.05, 0.1) is 6.61 Å². The lowest BCUT2D eigenvalue weighted by atomic mass is 9.98. The summed E-state index contributed by atoms with van der Waals surface area (Å²) in [5.74, 6) is 1.04. The van der Waals surface area contributed by atoms with E-state index in [2.05, 4.69) is 22.9 Å². The number of nitrogens with zero attached hydrogens (tertiary/aromatic N) is 1. The molecule has 0 bridgehead atoms. The Labute approximate surface area is 134 Å². The minimum atomic E-state index is 0.215. The normalized spacial score (nSPS) is 22.1. The van der Waals surface area contributed by atoms with Crippen molar-refractivity contribution in [3.05, 3.63) is 28.7 Å². The second-order valence-electron chi connectivity index (χ2n) is 5.63. The molecule has 0 spiro atoms. The lowest BCUT2D eigenvalue weighted by Gasteiger charge is -2.36. The monoisotopic (exact) mass is 354 g/mol. The number of likely N-dealkylation sites (tertiary alicyclic amines) is 1. The maximum atomic E-state index is 12.2. The molecular weight excluding hydrogens is 332 g/mol. The van der Waals surface area contributed by atoms with E-state index in [9.17, 15) is 4.79 Å². The number of halogens is 1. The van der Waals surface area contributed by atoms with Crippen LogP contribution in [0.4, 0.5) is 0 Å². The molecule has 2 atom stereocenters. The molecule has 1 heterocycles. The second kappa shape index (κ2) is 7.80. The van der Waals surface area contributed by atoms with E-state index < -0.39 is 0 Å². The number of carbonyl (C=O) groups excluding carboxylic acids is 1. The lowest BCUT2D eigenvalue weighted by Crippen LogP contribution is -2.48. The molecule has 1 aliphatic rings. The van der Waals surface area contributed by atoms with Crippen LogP contribution in [0.3, 0.4) is 0 Å². The summed E-state index contributed by atoms with van der Waals surface area (Å²) in [6.07, 6.45) is 3.08. The minimum Gasteiger partial charge on any atom is -0.494 e. The van der Waals surface area contributed by atoms with Crippen LogP contribution in [0.1, 0.15) is 32.6 Å². The first-order chi connectivity index (χ1) is 10.1. The van der Waals surface area contributed by atoms with Gasteiger partial charge in [-0.1, -0.05) is 22.0 Å². The summed E-state index contributed by atoms with van der Waals surface area (Å²) in [5, 5.41) is 0. The molecule has 1 amide bonds. The van der Waals surface area contributed by atoms with Gasteiger partial charge >= 0.3 is 0 Å². The van der Waals surface area contributed by atoms with Crippen molar-refractivity contribution in [3.8, 4) is 5.75 Å². The molecular formula is C16H23BrN2O2. The van der Waals surface area contributed by atoms with Crippen molar-refractivity contribution in [3.63, 3.8) is 0 Å². The molecule has 2 N–H and O–H groups in total. The number of hydrogen-bond acceptors (Lipinski definition) is 3. The van der Waals surface area contributed by atoms with Crippen LogP contribution in [-0.4, -0.2) is 36.0 Å². The average molecular weight is 355 g/mol. The van der Waals surface area contributed by atoms with Gasteiger partial charge in [-0.3, -0.25) is 4.79 Å². The largest absolute Gasteiger partial charge is 0.494 e. The molecule has 2 rings (SSSR count). The highest BCUT2D eigenvalue weighted by molar-refractivity contribution is 9.10. The van der Waals surface area contributed by atoms with Crippen molar-refractivity contribution in [1.82, 2.24) is 4.90 Å². The van der Waals surface area contributed by atoms with E-state index in [4.69, 9.17) is 10.5 Å². The van der Waals surface area contributed by atoms with Crippen molar-refractivity contribution in [2.24, 2.45) is 5.73 Å². The molecule has 1 fully saturated rings. The number of piperidine rings is 1. The van der Waals surface area contributed by atoms with Crippen LogP contribution in [0.15, 0.2) is 28.7 Å². The number of amides is 1. The lowest BCUT2D eigenvalue weighted by molar-refractivity contribution is -0.134. The Hall–Kier alpha value is -1.07. The SMILES string of the molecule is C[C@H]1C[C@H](N)CCN1C(=O)CCCOc1cccc(Br)c1. The van der Waals surface area contributed by atoms with E-state index in [-0.39, 0.29) is 18.0 Å². The van der Waals surface area contributed by atoms with Crippen molar-refractivity contribution >= 4 is 21.8 Å². The summed E-state index contributed by atoms with van der Waals surface area (Å²) >= 11 is 3.41. The Morgan fingerprint density at radius 2 is 2.33 bits per heavy atom. The Morgan fingerprint density at radius 3 is 3.05 bits per heavy atom. The van der Waals surface area contributed by atoms with Gasteiger partial charge in [0.15, 0.2) is 0 Å². The van der Waals surface area contributed by atoms with Crippen LogP contribution in [0.5, 0.6) is 5.75 Å². The topological polar surface area (TPSA) is 55.6 Å². The summed E-state index contributed by atoms with van der Waals surface area (Å²) in [6.45, 7) is 3.42. The quantitative estimate of drug-likeness (QED) is 0.827. The average Bonchev–Trinajstić information content (AvgIpc) is 2.43. The number of nitrogens with two attached hydrogens (primary N) is 1. The fourth-order valence-electron chi connectivity index (χ4n) is 2.69. The number of hydrogen-bond donors (Lipinski definition) is 1. The van der Waals surface area contributed by atoms with E-state index >= 15 is 0 Å². The summed E-state index contributed by atoms with van der Waals surface area (Å²) in [6, 6.07) is 8.23. The van der Waals surface area contributed by atoms with Gasteiger partial charge in [0.1, 0.15) is 5.75 Å². The predicted octanol–water partition coefficient (Wildman–Crippen LogP) is 2.95. The van der Waals surface area contributed by atoms with Gasteiger partial charge in [-0.15, -0.1) is 0 Å². The molecule has 21 heavy (non-hydrogen) atoms. The van der Waals surface area contributed by atoms with E-state index in [0.29, 0.717) is 13.0 Å². The molecule has 5 heteroatoms. The summed E-state index contributed by atoms with van der Waals surface area (Å²) in [4.78, 5) is 14.2. The van der Waals surface area contributed by atoms with Crippen LogP contribution >= 0.6 is 15.9 Å². The van der Waals surface area contributed by atoms with Gasteiger partial charge < -0.3 is 15.4 Å². The first kappa shape index (κ1) is 16.3. The highest BCUT2D eigenvalue weighted by atomic mass is 79.9. The molecule has 116 valence electrons. The van der Waals surface area contributed by atoms with Gasteiger partial charge in [0.2, 0.25) is 5.91 Å². The van der Waals surface area contributed by atoms with Crippen molar-refractivity contribution < 1.29 is 9.53 Å². The number of rotatable bonds is 5. The molecule has 1 aliphatic heterocycles. The first-order valence-electron chi connectivity index (χ1n) is 7.49. The number of ether oxygens (including phenoxy) is 1. The third-order valence-corrected chi connectivity index (χ3v) is 4.33. The Kier molecular flexibility index (Phi) is 6.06. The van der Waals surface area contributed by atoms with E-state index in [0.717, 1.165) is 36.0 Å². The molecule has 0 aliphatic carbocycles. The molecule has 0 unspecified atom stereocenters. The number of benzene rings is 1. The zero-order valence-corrected chi connectivity index (χ0v) is 14.0. The fourth-order valence-corrected chi connectivity index (χ4v) is 3.07. The van der Waals surface area contributed by atoms with Crippen LogP contribution in [0, 0.1) is 0 Å². The van der Waals surface area contributed by atoms with Crippen LogP contribution in [0.2, 0.25) is 0 Å². The minimum absolute atomic E-state index is 0.215. The molecule has 0 radical (unpaired) electrons. The fraction of sp³-hybridized carbons (Fsp3) is 0.562. The maximum absolute atomic E-state index is 12.2. The van der Waals surface area contributed by atoms with Crippen LogP contribution in [-0.2, 0) is 4.79 Å². The number of carbonyl (C=O) groups is 1. The third kappa shape index (κ3) is 5.00. The standard InChI is InChI=1S/C16H23BrN2O2/c1-12-10-14(18)7-8-19(12)16(20)6-3-9-21-15-5-2-4-13(17)11-15/h2,4-5,11-12,14H,3,6-10,18H2,1H3/t12-,14+/m0/s1. The molecule has 1 aromatic rings. The first-order valence-corrected chi connectivity index (χ1v) is 8.29. The van der Waals surface area contributed by atoms with Gasteiger partial charge in [0, 0.05) is 29.5 Å². The van der Waals surface area contributed by atoms with Crippen molar-refractivity contribution in [2.75, 3.05) is 13.2 Å². The van der Waals surface area contributed by atoms with E-state index in [1.165, 1.54) is 0 Å².